The number of aliphatic hydroxyl groups excluding tert-OH is 1. The molecule has 1 unspecified atom stereocenters. The Morgan fingerprint density at radius 3 is 3.00 bits per heavy atom. The second kappa shape index (κ2) is 7.25. The second-order valence-electron chi connectivity index (χ2n) is 3.35. The van der Waals surface area contributed by atoms with E-state index >= 15 is 0 Å². The van der Waals surface area contributed by atoms with Crippen LogP contribution in [0.5, 0.6) is 0 Å². The summed E-state index contributed by atoms with van der Waals surface area (Å²) in [5.74, 6) is 2.14. The van der Waals surface area contributed by atoms with Crippen molar-refractivity contribution in [2.45, 2.75) is 25.9 Å². The maximum Gasteiger partial charge on any atom is 0.0589 e. The Kier molecular flexibility index (Phi) is 6.29. The average Bonchev–Trinajstić information content (AvgIpc) is 2.18. The van der Waals surface area contributed by atoms with Crippen molar-refractivity contribution in [1.29, 1.82) is 0 Å². The highest BCUT2D eigenvalue weighted by Gasteiger charge is 2.05. The van der Waals surface area contributed by atoms with Crippen molar-refractivity contribution in [1.82, 2.24) is 4.98 Å². The maximum atomic E-state index is 9.76. The molecule has 0 radical (unpaired) electrons. The van der Waals surface area contributed by atoms with E-state index < -0.39 is 0 Å². The number of aromatic nitrogens is 1. The van der Waals surface area contributed by atoms with Crippen LogP contribution in [0.1, 0.15) is 18.9 Å². The van der Waals surface area contributed by atoms with E-state index in [9.17, 15) is 5.11 Å². The summed E-state index contributed by atoms with van der Waals surface area (Å²) in [4.78, 5) is 4.07. The molecule has 1 aromatic rings. The molecule has 1 N–H and O–H groups in total. The van der Waals surface area contributed by atoms with Crippen LogP contribution in [-0.2, 0) is 6.42 Å². The molecule has 1 heterocycles. The van der Waals surface area contributed by atoms with Crippen LogP contribution in [0.3, 0.4) is 0 Å². The van der Waals surface area contributed by atoms with Crippen molar-refractivity contribution < 1.29 is 5.11 Å². The van der Waals surface area contributed by atoms with Gasteiger partial charge in [-0.2, -0.15) is 11.8 Å². The first-order valence-electron chi connectivity index (χ1n) is 5.07. The highest BCUT2D eigenvalue weighted by atomic mass is 79.9. The molecule has 0 aliphatic heterocycles. The molecule has 1 atom stereocenters. The van der Waals surface area contributed by atoms with Crippen LogP contribution in [0.4, 0.5) is 0 Å². The van der Waals surface area contributed by atoms with Gasteiger partial charge in [0.05, 0.1) is 6.10 Å². The fraction of sp³-hybridized carbons (Fsp3) is 0.545. The third-order valence-electron chi connectivity index (χ3n) is 2.03. The van der Waals surface area contributed by atoms with E-state index in [1.807, 2.05) is 17.8 Å². The number of hydrogen-bond acceptors (Lipinski definition) is 3. The minimum absolute atomic E-state index is 0.250. The van der Waals surface area contributed by atoms with E-state index in [-0.39, 0.29) is 6.10 Å². The Bertz CT molecular complexity index is 296. The van der Waals surface area contributed by atoms with Gasteiger partial charge in [0.2, 0.25) is 0 Å². The van der Waals surface area contributed by atoms with E-state index in [4.69, 9.17) is 0 Å². The summed E-state index contributed by atoms with van der Waals surface area (Å²) >= 11 is 5.23. The molecule has 1 rings (SSSR count). The van der Waals surface area contributed by atoms with Crippen molar-refractivity contribution in [3.63, 3.8) is 0 Å². The average molecular weight is 290 g/mol. The van der Waals surface area contributed by atoms with E-state index in [0.29, 0.717) is 6.42 Å². The zero-order chi connectivity index (χ0) is 11.1. The number of thioether (sulfide) groups is 1. The SMILES string of the molecule is CCSCCC(O)Cc1cncc(Br)c1. The van der Waals surface area contributed by atoms with Crippen LogP contribution >= 0.6 is 27.7 Å². The monoisotopic (exact) mass is 289 g/mol. The van der Waals surface area contributed by atoms with Gasteiger partial charge in [-0.25, -0.2) is 0 Å². The smallest absolute Gasteiger partial charge is 0.0589 e. The molecule has 0 fully saturated rings. The Morgan fingerprint density at radius 1 is 1.53 bits per heavy atom. The molecule has 2 nitrogen and oxygen atoms in total. The van der Waals surface area contributed by atoms with Crippen LogP contribution < -0.4 is 0 Å². The summed E-state index contributed by atoms with van der Waals surface area (Å²) in [7, 11) is 0. The molecule has 0 aliphatic rings. The predicted molar refractivity (Wildman–Crippen MR) is 69.3 cm³/mol. The third kappa shape index (κ3) is 5.54. The lowest BCUT2D eigenvalue weighted by atomic mass is 10.1. The maximum absolute atomic E-state index is 9.76. The van der Waals surface area contributed by atoms with Gasteiger partial charge in [0, 0.05) is 16.9 Å². The molecule has 0 spiro atoms. The summed E-state index contributed by atoms with van der Waals surface area (Å²) in [6.07, 6.45) is 4.85. The van der Waals surface area contributed by atoms with Gasteiger partial charge in [0.25, 0.3) is 0 Å². The van der Waals surface area contributed by atoms with Gasteiger partial charge in [-0.3, -0.25) is 4.98 Å². The molecule has 0 amide bonds. The molecule has 0 bridgehead atoms. The van der Waals surface area contributed by atoms with E-state index in [0.717, 1.165) is 28.0 Å². The van der Waals surface area contributed by atoms with Crippen LogP contribution in [0.15, 0.2) is 22.9 Å². The minimum atomic E-state index is -0.250. The number of rotatable bonds is 6. The Morgan fingerprint density at radius 2 is 2.33 bits per heavy atom. The Balaban J connectivity index is 2.34. The second-order valence-corrected chi connectivity index (χ2v) is 5.66. The molecule has 15 heavy (non-hydrogen) atoms. The van der Waals surface area contributed by atoms with Crippen LogP contribution in [0.2, 0.25) is 0 Å². The van der Waals surface area contributed by atoms with Crippen molar-refractivity contribution in [3.8, 4) is 0 Å². The zero-order valence-electron chi connectivity index (χ0n) is 8.82. The van der Waals surface area contributed by atoms with Gasteiger partial charge in [0.15, 0.2) is 0 Å². The van der Waals surface area contributed by atoms with Gasteiger partial charge in [-0.15, -0.1) is 0 Å². The molecule has 1 aromatic heterocycles. The quantitative estimate of drug-likeness (QED) is 0.818. The minimum Gasteiger partial charge on any atom is -0.393 e. The Hall–Kier alpha value is -0.0600. The fourth-order valence-corrected chi connectivity index (χ4v) is 2.45. The normalized spacial score (nSPS) is 12.7. The van der Waals surface area contributed by atoms with Gasteiger partial charge in [0.1, 0.15) is 0 Å². The van der Waals surface area contributed by atoms with Crippen molar-refractivity contribution in [3.05, 3.63) is 28.5 Å². The molecule has 0 aliphatic carbocycles. The van der Waals surface area contributed by atoms with Crippen LogP contribution in [-0.4, -0.2) is 27.7 Å². The summed E-state index contributed by atoms with van der Waals surface area (Å²) in [6.45, 7) is 2.13. The van der Waals surface area contributed by atoms with Gasteiger partial charge < -0.3 is 5.11 Å². The molecule has 0 aromatic carbocycles. The zero-order valence-corrected chi connectivity index (χ0v) is 11.2. The highest BCUT2D eigenvalue weighted by Crippen LogP contribution is 2.13. The first-order valence-corrected chi connectivity index (χ1v) is 7.02. The van der Waals surface area contributed by atoms with Crippen molar-refractivity contribution >= 4 is 27.7 Å². The largest absolute Gasteiger partial charge is 0.393 e. The fourth-order valence-electron chi connectivity index (χ4n) is 1.31. The highest BCUT2D eigenvalue weighted by molar-refractivity contribution is 9.10. The van der Waals surface area contributed by atoms with Crippen LogP contribution in [0.25, 0.3) is 0 Å². The molecule has 84 valence electrons. The third-order valence-corrected chi connectivity index (χ3v) is 3.40. The van der Waals surface area contributed by atoms with E-state index in [1.54, 1.807) is 12.4 Å². The lowest BCUT2D eigenvalue weighted by molar-refractivity contribution is 0.172. The summed E-state index contributed by atoms with van der Waals surface area (Å²) < 4.78 is 0.968. The summed E-state index contributed by atoms with van der Waals surface area (Å²) in [5, 5.41) is 9.76. The van der Waals surface area contributed by atoms with Crippen LogP contribution in [0, 0.1) is 0 Å². The molecule has 0 saturated carbocycles. The van der Waals surface area contributed by atoms with Crippen molar-refractivity contribution in [2.24, 2.45) is 0 Å². The first kappa shape index (κ1) is 13.0. The lowest BCUT2D eigenvalue weighted by Crippen LogP contribution is -2.11. The molecular formula is C11H16BrNOS. The van der Waals surface area contributed by atoms with E-state index in [1.165, 1.54) is 0 Å². The van der Waals surface area contributed by atoms with Gasteiger partial charge >= 0.3 is 0 Å². The summed E-state index contributed by atoms with van der Waals surface area (Å²) in [5.41, 5.74) is 1.08. The number of halogens is 1. The molecule has 0 saturated heterocycles. The number of pyridine rings is 1. The number of nitrogens with zero attached hydrogens (tertiary/aromatic N) is 1. The van der Waals surface area contributed by atoms with Gasteiger partial charge in [-0.05, 0) is 51.9 Å². The van der Waals surface area contributed by atoms with Crippen molar-refractivity contribution in [2.75, 3.05) is 11.5 Å². The standard InChI is InChI=1S/C11H16BrNOS/c1-2-15-4-3-11(14)6-9-5-10(12)8-13-7-9/h5,7-8,11,14H,2-4,6H2,1H3. The molecule has 4 heteroatoms. The molecular weight excluding hydrogens is 274 g/mol. The first-order chi connectivity index (χ1) is 7.22. The topological polar surface area (TPSA) is 33.1 Å². The predicted octanol–water partition coefficient (Wildman–Crippen LogP) is 2.89. The van der Waals surface area contributed by atoms with E-state index in [2.05, 4.69) is 27.8 Å². The summed E-state index contributed by atoms with van der Waals surface area (Å²) in [6, 6.07) is 2.00. The van der Waals surface area contributed by atoms with Gasteiger partial charge in [-0.1, -0.05) is 6.92 Å². The number of aliphatic hydroxyl groups is 1. The lowest BCUT2D eigenvalue weighted by Gasteiger charge is -2.09. The Labute approximate surface area is 104 Å². The number of hydrogen-bond donors (Lipinski definition) is 1.